The number of anilines is 1. The largest absolute Gasteiger partial charge is 0.370 e. The number of fused-ring (bicyclic) bond motifs is 1. The topological polar surface area (TPSA) is 16.1 Å². The predicted octanol–water partition coefficient (Wildman–Crippen LogP) is 4.15. The van der Waals surface area contributed by atoms with E-state index in [1.807, 2.05) is 0 Å². The highest BCUT2D eigenvalue weighted by Gasteiger charge is 2.25. The minimum Gasteiger partial charge on any atom is -0.370 e. The average Bonchev–Trinajstić information content (AvgIpc) is 2.41. The predicted molar refractivity (Wildman–Crippen MR) is 85.2 cm³/mol. The van der Waals surface area contributed by atoms with Crippen molar-refractivity contribution in [2.45, 2.75) is 25.1 Å². The smallest absolute Gasteiger partial charge is 0.0726 e. The van der Waals surface area contributed by atoms with Gasteiger partial charge in [-0.3, -0.25) is 4.98 Å². The highest BCUT2D eigenvalue weighted by Crippen LogP contribution is 2.32. The molecule has 1 aromatic heterocycles. The Hall–Kier alpha value is -1.09. The second kappa shape index (κ2) is 5.12. The molecule has 2 heterocycles. The van der Waals surface area contributed by atoms with E-state index in [1.165, 1.54) is 17.5 Å². The fourth-order valence-electron chi connectivity index (χ4n) is 2.79. The maximum absolute atomic E-state index is 4.63. The number of aromatic nitrogens is 1. The minimum atomic E-state index is 0.577. The van der Waals surface area contributed by atoms with Gasteiger partial charge in [-0.1, -0.05) is 41.1 Å². The van der Waals surface area contributed by atoms with Crippen molar-refractivity contribution < 1.29 is 0 Å². The van der Waals surface area contributed by atoms with Crippen molar-refractivity contribution in [3.8, 4) is 0 Å². The Kier molecular flexibility index (Phi) is 3.48. The fraction of sp³-hybridized carbons (Fsp3) is 0.438. The van der Waals surface area contributed by atoms with Crippen LogP contribution in [0.1, 0.15) is 19.0 Å². The number of rotatable bonds is 1. The molecule has 3 heteroatoms. The molecule has 1 saturated heterocycles. The average molecular weight is 319 g/mol. The summed E-state index contributed by atoms with van der Waals surface area (Å²) in [5, 5.41) is 1.27. The van der Waals surface area contributed by atoms with E-state index in [0.717, 1.165) is 30.2 Å². The lowest BCUT2D eigenvalue weighted by Gasteiger charge is -2.36. The molecule has 2 aromatic rings. The van der Waals surface area contributed by atoms with E-state index in [-0.39, 0.29) is 0 Å². The lowest BCUT2D eigenvalue weighted by molar-refractivity contribution is 0.457. The molecule has 0 spiro atoms. The third-order valence-corrected chi connectivity index (χ3v) is 5.22. The Morgan fingerprint density at radius 2 is 2.11 bits per heavy atom. The van der Waals surface area contributed by atoms with E-state index in [9.17, 15) is 0 Å². The third-order valence-electron chi connectivity index (χ3n) is 4.03. The first kappa shape index (κ1) is 12.9. The fourth-order valence-corrected chi connectivity index (χ4v) is 3.40. The molecule has 0 N–H and O–H groups in total. The van der Waals surface area contributed by atoms with Crippen LogP contribution in [0.15, 0.2) is 30.3 Å². The van der Waals surface area contributed by atoms with Crippen molar-refractivity contribution in [3.63, 3.8) is 0 Å². The zero-order chi connectivity index (χ0) is 13.4. The van der Waals surface area contributed by atoms with Gasteiger partial charge in [-0.05, 0) is 31.4 Å². The molecule has 0 bridgehead atoms. The monoisotopic (exact) mass is 318 g/mol. The van der Waals surface area contributed by atoms with Crippen LogP contribution in [0, 0.1) is 12.8 Å². The molecule has 2 unspecified atom stereocenters. The van der Waals surface area contributed by atoms with Gasteiger partial charge >= 0.3 is 0 Å². The number of halogens is 1. The zero-order valence-electron chi connectivity index (χ0n) is 11.4. The van der Waals surface area contributed by atoms with Gasteiger partial charge in [0.05, 0.1) is 5.52 Å². The van der Waals surface area contributed by atoms with E-state index in [0.29, 0.717) is 4.83 Å². The number of hydrogen-bond acceptors (Lipinski definition) is 2. The first-order chi connectivity index (χ1) is 9.15. The summed E-state index contributed by atoms with van der Waals surface area (Å²) in [6, 6.07) is 10.7. The summed E-state index contributed by atoms with van der Waals surface area (Å²) in [6.45, 7) is 6.62. The van der Waals surface area contributed by atoms with Gasteiger partial charge in [-0.2, -0.15) is 0 Å². The van der Waals surface area contributed by atoms with Gasteiger partial charge in [0.15, 0.2) is 0 Å². The molecule has 3 rings (SSSR count). The maximum atomic E-state index is 4.63. The number of pyridine rings is 1. The van der Waals surface area contributed by atoms with Crippen LogP contribution in [0.5, 0.6) is 0 Å². The van der Waals surface area contributed by atoms with Crippen LogP contribution in [-0.2, 0) is 0 Å². The summed E-state index contributed by atoms with van der Waals surface area (Å²) in [6.07, 6.45) is 1.24. The minimum absolute atomic E-state index is 0.577. The number of nitrogens with zero attached hydrogens (tertiary/aromatic N) is 2. The molecule has 0 radical (unpaired) electrons. The molecule has 1 aromatic carbocycles. The van der Waals surface area contributed by atoms with Crippen LogP contribution in [-0.4, -0.2) is 22.9 Å². The van der Waals surface area contributed by atoms with Gasteiger partial charge in [-0.25, -0.2) is 0 Å². The Morgan fingerprint density at radius 1 is 1.32 bits per heavy atom. The van der Waals surface area contributed by atoms with Gasteiger partial charge in [0.1, 0.15) is 0 Å². The van der Waals surface area contributed by atoms with E-state index in [2.05, 4.69) is 70.0 Å². The molecule has 0 aliphatic carbocycles. The lowest BCUT2D eigenvalue weighted by Crippen LogP contribution is -2.40. The number of aryl methyl sites for hydroxylation is 1. The number of alkyl halides is 1. The summed E-state index contributed by atoms with van der Waals surface area (Å²) in [7, 11) is 0. The summed E-state index contributed by atoms with van der Waals surface area (Å²) in [5.41, 5.74) is 3.53. The molecule has 1 aliphatic heterocycles. The van der Waals surface area contributed by atoms with Crippen LogP contribution in [0.25, 0.3) is 10.9 Å². The van der Waals surface area contributed by atoms with Gasteiger partial charge in [0.25, 0.3) is 0 Å². The van der Waals surface area contributed by atoms with Crippen LogP contribution in [0.2, 0.25) is 0 Å². The van der Waals surface area contributed by atoms with E-state index in [1.54, 1.807) is 0 Å². The summed E-state index contributed by atoms with van der Waals surface area (Å²) in [4.78, 5) is 7.70. The number of piperidine rings is 1. The number of benzene rings is 1. The van der Waals surface area contributed by atoms with Gasteiger partial charge in [0, 0.05) is 34.7 Å². The molecule has 2 nitrogen and oxygen atoms in total. The lowest BCUT2D eigenvalue weighted by atomic mass is 9.98. The van der Waals surface area contributed by atoms with E-state index < -0.39 is 0 Å². The Bertz CT molecular complexity index is 596. The van der Waals surface area contributed by atoms with Gasteiger partial charge < -0.3 is 4.90 Å². The van der Waals surface area contributed by atoms with Crippen LogP contribution in [0.3, 0.4) is 0 Å². The van der Waals surface area contributed by atoms with Gasteiger partial charge in [-0.15, -0.1) is 0 Å². The molecular formula is C16H19BrN2. The summed E-state index contributed by atoms with van der Waals surface area (Å²) in [5.74, 6) is 0.755. The highest BCUT2D eigenvalue weighted by atomic mass is 79.9. The Balaban J connectivity index is 2.05. The van der Waals surface area contributed by atoms with E-state index in [4.69, 9.17) is 0 Å². The summed E-state index contributed by atoms with van der Waals surface area (Å²) < 4.78 is 0. The van der Waals surface area contributed by atoms with Crippen molar-refractivity contribution in [1.29, 1.82) is 0 Å². The van der Waals surface area contributed by atoms with Crippen molar-refractivity contribution in [2.24, 2.45) is 5.92 Å². The molecule has 1 fully saturated rings. The van der Waals surface area contributed by atoms with Crippen LogP contribution >= 0.6 is 15.9 Å². The standard InChI is InChI=1S/C16H19BrN2/c1-11-7-8-19(10-14(11)17)16-9-12(2)18-15-6-4-3-5-13(15)16/h3-6,9,11,14H,7-8,10H2,1-2H3. The second-order valence-electron chi connectivity index (χ2n) is 5.53. The molecule has 0 saturated carbocycles. The number of para-hydroxylation sites is 1. The first-order valence-corrected chi connectivity index (χ1v) is 7.82. The SMILES string of the molecule is Cc1cc(N2CCC(C)C(Br)C2)c2ccccc2n1. The second-order valence-corrected chi connectivity index (χ2v) is 6.70. The summed E-state index contributed by atoms with van der Waals surface area (Å²) >= 11 is 3.82. The van der Waals surface area contributed by atoms with Gasteiger partial charge in [0.2, 0.25) is 0 Å². The maximum Gasteiger partial charge on any atom is 0.0726 e. The molecular weight excluding hydrogens is 300 g/mol. The van der Waals surface area contributed by atoms with Crippen molar-refractivity contribution in [3.05, 3.63) is 36.0 Å². The number of hydrogen-bond donors (Lipinski definition) is 0. The third kappa shape index (κ3) is 2.48. The molecule has 0 amide bonds. The Morgan fingerprint density at radius 3 is 2.89 bits per heavy atom. The molecule has 19 heavy (non-hydrogen) atoms. The Labute approximate surface area is 123 Å². The zero-order valence-corrected chi connectivity index (χ0v) is 13.0. The quantitative estimate of drug-likeness (QED) is 0.734. The molecule has 100 valence electrons. The highest BCUT2D eigenvalue weighted by molar-refractivity contribution is 9.09. The van der Waals surface area contributed by atoms with Crippen LogP contribution in [0.4, 0.5) is 5.69 Å². The van der Waals surface area contributed by atoms with Crippen molar-refractivity contribution >= 4 is 32.5 Å². The van der Waals surface area contributed by atoms with Crippen LogP contribution < -0.4 is 4.90 Å². The van der Waals surface area contributed by atoms with Crippen molar-refractivity contribution in [1.82, 2.24) is 4.98 Å². The molecule has 1 aliphatic rings. The first-order valence-electron chi connectivity index (χ1n) is 6.90. The van der Waals surface area contributed by atoms with Crippen molar-refractivity contribution in [2.75, 3.05) is 18.0 Å². The molecule has 2 atom stereocenters. The van der Waals surface area contributed by atoms with E-state index >= 15 is 0 Å². The normalized spacial score (nSPS) is 23.8.